The Hall–Kier alpha value is -2.07. The highest BCUT2D eigenvalue weighted by molar-refractivity contribution is 7.89. The average molecular weight is 264 g/mol. The first kappa shape index (κ1) is 12.4. The maximum absolute atomic E-state index is 11.8. The number of hydrogen-bond donors (Lipinski definition) is 1. The molecule has 18 heavy (non-hydrogen) atoms. The van der Waals surface area contributed by atoms with Crippen molar-refractivity contribution in [1.29, 1.82) is 5.26 Å². The van der Waals surface area contributed by atoms with Gasteiger partial charge in [-0.25, -0.2) is 17.7 Å². The summed E-state index contributed by atoms with van der Waals surface area (Å²) in [6, 6.07) is 8.17. The minimum atomic E-state index is -3.43. The van der Waals surface area contributed by atoms with Gasteiger partial charge in [0.15, 0.2) is 0 Å². The molecule has 2 rings (SSSR count). The normalized spacial score (nSPS) is 22.1. The van der Waals surface area contributed by atoms with Gasteiger partial charge in [0.1, 0.15) is 0 Å². The van der Waals surface area contributed by atoms with Crippen molar-refractivity contribution in [2.24, 2.45) is 10.7 Å². The molecule has 0 radical (unpaired) electrons. The molecule has 0 aromatic heterocycles. The van der Waals surface area contributed by atoms with Gasteiger partial charge in [-0.15, -0.1) is 0 Å². The second-order valence-electron chi connectivity index (χ2n) is 3.99. The molecule has 0 amide bonds. The highest BCUT2D eigenvalue weighted by Gasteiger charge is 2.31. The van der Waals surface area contributed by atoms with E-state index >= 15 is 0 Å². The van der Waals surface area contributed by atoms with Gasteiger partial charge in [-0.2, -0.15) is 5.26 Å². The molecular weight excluding hydrogens is 252 g/mol. The van der Waals surface area contributed by atoms with E-state index in [1.807, 2.05) is 6.07 Å². The summed E-state index contributed by atoms with van der Waals surface area (Å²) >= 11 is 0. The topological polar surface area (TPSA) is 99.5 Å². The Labute approximate surface area is 105 Å². The maximum Gasteiger partial charge on any atom is 0.239 e. The number of sulfonamides is 1. The molecule has 0 saturated carbocycles. The van der Waals surface area contributed by atoms with Gasteiger partial charge in [-0.1, -0.05) is 12.1 Å². The summed E-state index contributed by atoms with van der Waals surface area (Å²) in [5.41, 5.74) is 6.73. The molecule has 1 aromatic carbocycles. The molecule has 1 atom stereocenters. The number of aliphatic imine (C=N–C) groups is 1. The zero-order valence-electron chi connectivity index (χ0n) is 9.74. The third-order valence-electron chi connectivity index (χ3n) is 2.80. The summed E-state index contributed by atoms with van der Waals surface area (Å²) in [4.78, 5) is 4.14. The smallest absolute Gasteiger partial charge is 0.239 e. The molecule has 0 spiro atoms. The lowest BCUT2D eigenvalue weighted by Gasteiger charge is -2.27. The lowest BCUT2D eigenvalue weighted by atomic mass is 10.1. The highest BCUT2D eigenvalue weighted by atomic mass is 32.2. The van der Waals surface area contributed by atoms with Crippen LogP contribution in [0.1, 0.15) is 17.2 Å². The molecule has 0 unspecified atom stereocenters. The van der Waals surface area contributed by atoms with E-state index in [0.717, 1.165) is 4.31 Å². The van der Waals surface area contributed by atoms with Gasteiger partial charge in [-0.3, -0.25) is 0 Å². The second-order valence-corrected chi connectivity index (χ2v) is 6.03. The molecular formula is C11H12N4O2S. The fourth-order valence-corrected chi connectivity index (χ4v) is 2.94. The van der Waals surface area contributed by atoms with Crippen molar-refractivity contribution in [3.05, 3.63) is 35.4 Å². The predicted molar refractivity (Wildman–Crippen MR) is 67.1 cm³/mol. The van der Waals surface area contributed by atoms with Crippen LogP contribution >= 0.6 is 0 Å². The van der Waals surface area contributed by atoms with Crippen molar-refractivity contribution in [2.45, 2.75) is 6.04 Å². The van der Waals surface area contributed by atoms with Crippen molar-refractivity contribution in [1.82, 2.24) is 4.31 Å². The van der Waals surface area contributed by atoms with E-state index < -0.39 is 16.1 Å². The third kappa shape index (κ3) is 2.15. The molecule has 0 bridgehead atoms. The zero-order chi connectivity index (χ0) is 13.3. The Balaban J connectivity index is 2.44. The number of benzene rings is 1. The monoisotopic (exact) mass is 264 g/mol. The van der Waals surface area contributed by atoms with E-state index in [4.69, 9.17) is 11.0 Å². The van der Waals surface area contributed by atoms with Gasteiger partial charge in [0, 0.05) is 7.05 Å². The molecule has 0 fully saturated rings. The van der Waals surface area contributed by atoms with Gasteiger partial charge < -0.3 is 5.73 Å². The molecule has 2 N–H and O–H groups in total. The van der Waals surface area contributed by atoms with Crippen molar-refractivity contribution >= 4 is 16.0 Å². The Bertz CT molecular complexity index is 645. The summed E-state index contributed by atoms with van der Waals surface area (Å²) in [6.45, 7) is 0. The van der Waals surface area contributed by atoms with Crippen molar-refractivity contribution in [3.8, 4) is 6.07 Å². The van der Waals surface area contributed by atoms with E-state index in [2.05, 4.69) is 4.99 Å². The molecule has 7 heteroatoms. The first-order chi connectivity index (χ1) is 8.44. The third-order valence-corrected chi connectivity index (χ3v) is 4.56. The molecule has 1 heterocycles. The van der Waals surface area contributed by atoms with Crippen molar-refractivity contribution < 1.29 is 8.42 Å². The van der Waals surface area contributed by atoms with Gasteiger partial charge in [0.2, 0.25) is 16.0 Å². The number of guanidine groups is 1. The SMILES string of the molecule is CN1C(N)=N[C@H](c2cccc(C#N)c2)CS1(=O)=O. The Morgan fingerprint density at radius 2 is 2.28 bits per heavy atom. The van der Waals surface area contributed by atoms with E-state index in [0.29, 0.717) is 11.1 Å². The number of nitrogens with two attached hydrogens (primary N) is 1. The zero-order valence-corrected chi connectivity index (χ0v) is 10.6. The van der Waals surface area contributed by atoms with Crippen LogP contribution in [0.3, 0.4) is 0 Å². The summed E-state index contributed by atoms with van der Waals surface area (Å²) < 4.78 is 24.6. The van der Waals surface area contributed by atoms with Crippen LogP contribution in [0.15, 0.2) is 29.3 Å². The van der Waals surface area contributed by atoms with Crippen molar-refractivity contribution in [3.63, 3.8) is 0 Å². The summed E-state index contributed by atoms with van der Waals surface area (Å²) in [6.07, 6.45) is 0. The molecule has 6 nitrogen and oxygen atoms in total. The van der Waals surface area contributed by atoms with Gasteiger partial charge in [0.25, 0.3) is 0 Å². The number of hydrogen-bond acceptors (Lipinski definition) is 5. The Morgan fingerprint density at radius 3 is 2.89 bits per heavy atom. The maximum atomic E-state index is 11.8. The van der Waals surface area contributed by atoms with Crippen LogP contribution < -0.4 is 5.73 Å². The molecule has 0 aliphatic carbocycles. The predicted octanol–water partition coefficient (Wildman–Crippen LogP) is 0.189. The quantitative estimate of drug-likeness (QED) is 0.782. The van der Waals surface area contributed by atoms with E-state index in [1.54, 1.807) is 24.3 Å². The fraction of sp³-hybridized carbons (Fsp3) is 0.273. The van der Waals surface area contributed by atoms with Crippen LogP contribution in [-0.4, -0.2) is 31.5 Å². The van der Waals surface area contributed by atoms with Crippen LogP contribution in [0.5, 0.6) is 0 Å². The first-order valence-corrected chi connectivity index (χ1v) is 6.85. The van der Waals surface area contributed by atoms with Gasteiger partial charge >= 0.3 is 0 Å². The van der Waals surface area contributed by atoms with Crippen LogP contribution in [0.25, 0.3) is 0 Å². The largest absolute Gasteiger partial charge is 0.369 e. The first-order valence-electron chi connectivity index (χ1n) is 5.24. The Kier molecular flexibility index (Phi) is 2.97. The number of nitriles is 1. The summed E-state index contributed by atoms with van der Waals surface area (Å²) in [5.74, 6) is -0.173. The molecule has 94 valence electrons. The summed E-state index contributed by atoms with van der Waals surface area (Å²) in [5, 5.41) is 8.82. The van der Waals surface area contributed by atoms with Gasteiger partial charge in [0.05, 0.1) is 23.4 Å². The molecule has 1 aliphatic heterocycles. The highest BCUT2D eigenvalue weighted by Crippen LogP contribution is 2.25. The molecule has 0 saturated heterocycles. The lowest BCUT2D eigenvalue weighted by molar-refractivity contribution is 0.531. The van der Waals surface area contributed by atoms with Crippen LogP contribution in [0, 0.1) is 11.3 Å². The Morgan fingerprint density at radius 1 is 1.56 bits per heavy atom. The average Bonchev–Trinajstić information content (AvgIpc) is 2.35. The van der Waals surface area contributed by atoms with Crippen LogP contribution in [0.2, 0.25) is 0 Å². The summed E-state index contributed by atoms with van der Waals surface area (Å²) in [7, 11) is -2.06. The fourth-order valence-electron chi connectivity index (χ4n) is 1.72. The van der Waals surface area contributed by atoms with Crippen molar-refractivity contribution in [2.75, 3.05) is 12.8 Å². The number of nitrogens with zero attached hydrogens (tertiary/aromatic N) is 3. The minimum absolute atomic E-state index is 0.0337. The molecule has 1 aromatic rings. The minimum Gasteiger partial charge on any atom is -0.369 e. The lowest BCUT2D eigenvalue weighted by Crippen LogP contribution is -2.44. The standard InChI is InChI=1S/C11H12N4O2S/c1-15-11(13)14-10(7-18(15,16)17)9-4-2-3-8(5-9)6-12/h2-5,10H,7H2,1H3,(H2,13,14)/t10-/m0/s1. The molecule has 1 aliphatic rings. The number of rotatable bonds is 1. The van der Waals surface area contributed by atoms with E-state index in [-0.39, 0.29) is 11.7 Å². The van der Waals surface area contributed by atoms with Crippen LogP contribution in [0.4, 0.5) is 0 Å². The van der Waals surface area contributed by atoms with E-state index in [1.165, 1.54) is 7.05 Å². The second kappa shape index (κ2) is 4.31. The van der Waals surface area contributed by atoms with Gasteiger partial charge in [-0.05, 0) is 17.7 Å². The van der Waals surface area contributed by atoms with Crippen LogP contribution in [-0.2, 0) is 10.0 Å². The van der Waals surface area contributed by atoms with E-state index in [9.17, 15) is 8.42 Å².